The Hall–Kier alpha value is -3.06. The summed E-state index contributed by atoms with van der Waals surface area (Å²) in [5.41, 5.74) is 9.32. The summed E-state index contributed by atoms with van der Waals surface area (Å²) in [7, 11) is 0. The first-order chi connectivity index (χ1) is 15.0. The van der Waals surface area contributed by atoms with E-state index in [2.05, 4.69) is 40.7 Å². The molecule has 14 heteroatoms. The molecular weight excluding hydrogens is 449 g/mol. The number of amides is 1. The second-order valence-corrected chi connectivity index (χ2v) is 7.37. The van der Waals surface area contributed by atoms with E-state index in [9.17, 15) is 4.79 Å². The zero-order valence-corrected chi connectivity index (χ0v) is 17.5. The van der Waals surface area contributed by atoms with Gasteiger partial charge >= 0.3 is 0 Å². The molecule has 0 bridgehead atoms. The van der Waals surface area contributed by atoms with Crippen molar-refractivity contribution in [3.8, 4) is 5.82 Å². The normalized spacial score (nSPS) is 14.9. The van der Waals surface area contributed by atoms with Crippen molar-refractivity contribution in [2.75, 3.05) is 32.0 Å². The number of carbonyl (C=O) groups excluding carboxylic acids is 1. The Morgan fingerprint density at radius 2 is 2.10 bits per heavy atom. The van der Waals surface area contributed by atoms with Gasteiger partial charge in [-0.15, -0.1) is 5.10 Å². The summed E-state index contributed by atoms with van der Waals surface area (Å²) in [4.78, 5) is 15.1. The fourth-order valence-corrected chi connectivity index (χ4v) is 3.38. The number of aromatic nitrogens is 5. The predicted molar refractivity (Wildman–Crippen MR) is 111 cm³/mol. The number of hydrogen-bond acceptors (Lipinski definition) is 10. The van der Waals surface area contributed by atoms with E-state index < -0.39 is 5.91 Å². The van der Waals surface area contributed by atoms with Gasteiger partial charge in [0.25, 0.3) is 5.91 Å². The van der Waals surface area contributed by atoms with Crippen LogP contribution in [-0.2, 0) is 11.3 Å². The van der Waals surface area contributed by atoms with Crippen LogP contribution < -0.4 is 11.2 Å². The Morgan fingerprint density at radius 3 is 2.81 bits per heavy atom. The van der Waals surface area contributed by atoms with Crippen LogP contribution in [0.5, 0.6) is 0 Å². The van der Waals surface area contributed by atoms with E-state index in [1.54, 1.807) is 18.2 Å². The maximum atomic E-state index is 13.0. The maximum Gasteiger partial charge on any atom is 0.292 e. The van der Waals surface area contributed by atoms with E-state index in [1.807, 2.05) is 0 Å². The lowest BCUT2D eigenvalue weighted by Gasteiger charge is -2.25. The van der Waals surface area contributed by atoms with Crippen LogP contribution in [0.25, 0.3) is 5.82 Å². The highest BCUT2D eigenvalue weighted by atomic mass is 35.5. The molecule has 3 aromatic rings. The van der Waals surface area contributed by atoms with E-state index in [0.29, 0.717) is 54.2 Å². The fourth-order valence-electron chi connectivity index (χ4n) is 2.92. The largest absolute Gasteiger partial charge is 0.379 e. The van der Waals surface area contributed by atoms with Crippen LogP contribution in [0.4, 0.5) is 5.82 Å². The first kappa shape index (κ1) is 21.2. The minimum absolute atomic E-state index is 0.0340. The van der Waals surface area contributed by atoms with Crippen molar-refractivity contribution in [3.05, 3.63) is 45.2 Å². The third-order valence-electron chi connectivity index (χ3n) is 4.46. The summed E-state index contributed by atoms with van der Waals surface area (Å²) in [6.07, 6.45) is 1.40. The molecule has 0 spiro atoms. The van der Waals surface area contributed by atoms with Gasteiger partial charge in [0.05, 0.1) is 24.5 Å². The quantitative estimate of drug-likeness (QED) is 0.403. The number of hydrazone groups is 1. The first-order valence-electron chi connectivity index (χ1n) is 9.14. The van der Waals surface area contributed by atoms with Gasteiger partial charge in [0.15, 0.2) is 5.69 Å². The van der Waals surface area contributed by atoms with Gasteiger partial charge < -0.3 is 10.5 Å². The zero-order valence-electron chi connectivity index (χ0n) is 16.0. The minimum atomic E-state index is -0.572. The topological polar surface area (TPSA) is 150 Å². The molecular formula is C17H17Cl2N9O3. The Morgan fingerprint density at radius 1 is 1.29 bits per heavy atom. The molecule has 4 rings (SSSR count). The average Bonchev–Trinajstić information content (AvgIpc) is 3.36. The number of nitrogens with zero attached hydrogens (tertiary/aromatic N) is 7. The van der Waals surface area contributed by atoms with Gasteiger partial charge in [-0.2, -0.15) is 9.78 Å². The molecule has 31 heavy (non-hydrogen) atoms. The lowest BCUT2D eigenvalue weighted by atomic mass is 10.2. The van der Waals surface area contributed by atoms with Crippen molar-refractivity contribution in [2.45, 2.75) is 6.54 Å². The van der Waals surface area contributed by atoms with E-state index in [1.165, 1.54) is 10.9 Å². The van der Waals surface area contributed by atoms with Crippen LogP contribution in [0.2, 0.25) is 10.0 Å². The molecule has 1 aromatic carbocycles. The second-order valence-electron chi connectivity index (χ2n) is 6.52. The molecule has 0 atom stereocenters. The highest BCUT2D eigenvalue weighted by Gasteiger charge is 2.26. The third-order valence-corrected chi connectivity index (χ3v) is 5.02. The van der Waals surface area contributed by atoms with Crippen molar-refractivity contribution >= 4 is 41.1 Å². The highest BCUT2D eigenvalue weighted by Crippen LogP contribution is 2.20. The van der Waals surface area contributed by atoms with E-state index >= 15 is 0 Å². The van der Waals surface area contributed by atoms with Crippen LogP contribution in [0.1, 0.15) is 21.7 Å². The fraction of sp³-hybridized carbons (Fsp3) is 0.294. The zero-order chi connectivity index (χ0) is 21.8. The highest BCUT2D eigenvalue weighted by molar-refractivity contribution is 6.36. The maximum absolute atomic E-state index is 13.0. The number of rotatable bonds is 6. The SMILES string of the molecule is Nc1nonc1-n1nnc(CN2CCOCC2)c1C(=O)N/N=C/c1ccc(Cl)cc1Cl. The molecule has 0 unspecified atom stereocenters. The number of nitrogen functional groups attached to an aromatic ring is 1. The van der Waals surface area contributed by atoms with Crippen molar-refractivity contribution < 1.29 is 14.2 Å². The molecule has 3 N–H and O–H groups in total. The molecule has 3 heterocycles. The first-order valence-corrected chi connectivity index (χ1v) is 9.90. The molecule has 2 aromatic heterocycles. The molecule has 1 saturated heterocycles. The van der Waals surface area contributed by atoms with E-state index in [-0.39, 0.29) is 17.3 Å². The molecule has 0 saturated carbocycles. The van der Waals surface area contributed by atoms with Crippen LogP contribution in [0.3, 0.4) is 0 Å². The minimum Gasteiger partial charge on any atom is -0.379 e. The van der Waals surface area contributed by atoms with Gasteiger partial charge in [0, 0.05) is 30.2 Å². The lowest BCUT2D eigenvalue weighted by molar-refractivity contribution is 0.0335. The molecule has 0 radical (unpaired) electrons. The standard InChI is InChI=1S/C17H17Cl2N9O3/c18-11-2-1-10(12(19)7-11)8-21-23-17(29)14-13(9-27-3-5-30-6-4-27)22-26-28(14)16-15(20)24-31-25-16/h1-2,7-8H,3-6,9H2,(H2,20,24)(H,23,29)/b21-8+. The third kappa shape index (κ3) is 4.82. The number of carbonyl (C=O) groups is 1. The summed E-state index contributed by atoms with van der Waals surface area (Å²) in [5.74, 6) is -0.555. The number of morpholine rings is 1. The van der Waals surface area contributed by atoms with Crippen LogP contribution >= 0.6 is 23.2 Å². The van der Waals surface area contributed by atoms with E-state index in [0.717, 1.165) is 0 Å². The van der Waals surface area contributed by atoms with Crippen molar-refractivity contribution in [1.82, 2.24) is 35.6 Å². The van der Waals surface area contributed by atoms with Gasteiger partial charge in [-0.3, -0.25) is 9.69 Å². The molecule has 162 valence electrons. The second kappa shape index (κ2) is 9.39. The smallest absolute Gasteiger partial charge is 0.292 e. The number of ether oxygens (including phenoxy) is 1. The Bertz CT molecular complexity index is 1110. The lowest BCUT2D eigenvalue weighted by Crippen LogP contribution is -2.36. The molecule has 1 aliphatic rings. The number of anilines is 1. The van der Waals surface area contributed by atoms with Crippen LogP contribution in [0.15, 0.2) is 27.9 Å². The van der Waals surface area contributed by atoms with Crippen LogP contribution in [0, 0.1) is 0 Å². The van der Waals surface area contributed by atoms with Gasteiger partial charge in [0.1, 0.15) is 5.69 Å². The summed E-state index contributed by atoms with van der Waals surface area (Å²) >= 11 is 12.0. The summed E-state index contributed by atoms with van der Waals surface area (Å²) in [5, 5.41) is 20.2. The molecule has 1 aliphatic heterocycles. The van der Waals surface area contributed by atoms with E-state index in [4.69, 9.17) is 33.7 Å². The van der Waals surface area contributed by atoms with Gasteiger partial charge in [-0.25, -0.2) is 10.1 Å². The van der Waals surface area contributed by atoms with Crippen molar-refractivity contribution in [2.24, 2.45) is 5.10 Å². The van der Waals surface area contributed by atoms with Gasteiger partial charge in [0.2, 0.25) is 11.6 Å². The monoisotopic (exact) mass is 465 g/mol. The Kier molecular flexibility index (Phi) is 6.42. The molecule has 1 fully saturated rings. The number of nitrogens with one attached hydrogen (secondary N) is 1. The molecule has 0 aliphatic carbocycles. The number of hydrogen-bond donors (Lipinski definition) is 2. The molecule has 12 nitrogen and oxygen atoms in total. The van der Waals surface area contributed by atoms with Gasteiger partial charge in [-0.05, 0) is 22.4 Å². The summed E-state index contributed by atoms with van der Waals surface area (Å²) in [6.45, 7) is 2.98. The Balaban J connectivity index is 1.59. The summed E-state index contributed by atoms with van der Waals surface area (Å²) in [6, 6.07) is 4.92. The Labute approximate surface area is 185 Å². The number of nitrogens with two attached hydrogens (primary N) is 1. The summed E-state index contributed by atoms with van der Waals surface area (Å²) < 4.78 is 11.2. The predicted octanol–water partition coefficient (Wildman–Crippen LogP) is 1.14. The van der Waals surface area contributed by atoms with Crippen LogP contribution in [-0.4, -0.2) is 68.6 Å². The van der Waals surface area contributed by atoms with Crippen molar-refractivity contribution in [1.29, 1.82) is 0 Å². The average molecular weight is 466 g/mol. The number of benzene rings is 1. The van der Waals surface area contributed by atoms with Gasteiger partial charge in [-0.1, -0.05) is 34.5 Å². The molecule has 1 amide bonds. The number of halogens is 2. The van der Waals surface area contributed by atoms with Crippen molar-refractivity contribution in [3.63, 3.8) is 0 Å².